The van der Waals surface area contributed by atoms with Crippen molar-refractivity contribution in [1.29, 1.82) is 0 Å². The normalized spacial score (nSPS) is 13.7. The number of fused-ring (bicyclic) bond motifs is 3. The van der Waals surface area contributed by atoms with Crippen LogP contribution in [0.4, 0.5) is 0 Å². The average Bonchev–Trinajstić information content (AvgIpc) is 3.45. The van der Waals surface area contributed by atoms with Crippen LogP contribution in [0.1, 0.15) is 30.1 Å². The minimum Gasteiger partial charge on any atom is -0.491 e. The van der Waals surface area contributed by atoms with Crippen molar-refractivity contribution in [3.63, 3.8) is 0 Å². The van der Waals surface area contributed by atoms with Crippen molar-refractivity contribution in [2.75, 3.05) is 20.3 Å². The summed E-state index contributed by atoms with van der Waals surface area (Å²) in [5.41, 5.74) is 1.96. The second-order valence-corrected chi connectivity index (χ2v) is 10.0. The van der Waals surface area contributed by atoms with Gasteiger partial charge in [-0.2, -0.15) is 0 Å². The number of oxazole rings is 1. The lowest BCUT2D eigenvalue weighted by Crippen LogP contribution is -2.24. The summed E-state index contributed by atoms with van der Waals surface area (Å²) >= 11 is 7.70. The van der Waals surface area contributed by atoms with E-state index in [0.717, 1.165) is 39.8 Å². The largest absolute Gasteiger partial charge is 0.491 e. The first-order valence-corrected chi connectivity index (χ1v) is 12.6. The Bertz CT molecular complexity index is 1590. The number of aromatic nitrogens is 3. The van der Waals surface area contributed by atoms with Crippen LogP contribution in [0.25, 0.3) is 31.7 Å². The molecule has 0 unspecified atom stereocenters. The van der Waals surface area contributed by atoms with Gasteiger partial charge >= 0.3 is 0 Å². The maximum atomic E-state index is 13.9. The van der Waals surface area contributed by atoms with Crippen molar-refractivity contribution in [1.82, 2.24) is 14.5 Å². The van der Waals surface area contributed by atoms with Gasteiger partial charge in [-0.05, 0) is 54.7 Å². The lowest BCUT2D eigenvalue weighted by Gasteiger charge is -2.16. The average molecular weight is 508 g/mol. The molecular formula is C26H22ClN3O4S. The molecule has 0 N–H and O–H groups in total. The second kappa shape index (κ2) is 9.11. The first-order valence-electron chi connectivity index (χ1n) is 11.4. The van der Waals surface area contributed by atoms with Crippen molar-refractivity contribution in [2.24, 2.45) is 0 Å². The zero-order valence-corrected chi connectivity index (χ0v) is 20.6. The molecule has 3 heterocycles. The predicted octanol–water partition coefficient (Wildman–Crippen LogP) is 5.87. The number of thiophene rings is 1. The number of halogens is 1. The Labute approximate surface area is 209 Å². The first kappa shape index (κ1) is 22.3. The predicted molar refractivity (Wildman–Crippen MR) is 137 cm³/mol. The smallest absolute Gasteiger partial charge is 0.263 e. The summed E-state index contributed by atoms with van der Waals surface area (Å²) in [5.74, 6) is 2.41. The number of rotatable bonds is 8. The van der Waals surface area contributed by atoms with Crippen LogP contribution in [-0.2, 0) is 11.3 Å². The third-order valence-corrected chi connectivity index (χ3v) is 7.47. The van der Waals surface area contributed by atoms with Crippen molar-refractivity contribution >= 4 is 43.2 Å². The van der Waals surface area contributed by atoms with E-state index < -0.39 is 0 Å². The molecule has 1 saturated carbocycles. The molecule has 0 atom stereocenters. The summed E-state index contributed by atoms with van der Waals surface area (Å²) in [6, 6.07) is 11.6. The molecule has 7 nitrogen and oxygen atoms in total. The lowest BCUT2D eigenvalue weighted by atomic mass is 10.0. The van der Waals surface area contributed by atoms with Crippen LogP contribution >= 0.6 is 22.9 Å². The third-order valence-electron chi connectivity index (χ3n) is 6.19. The van der Waals surface area contributed by atoms with Gasteiger partial charge in [0.05, 0.1) is 24.7 Å². The van der Waals surface area contributed by atoms with E-state index in [4.69, 9.17) is 30.5 Å². The highest BCUT2D eigenvalue weighted by molar-refractivity contribution is 7.25. The van der Waals surface area contributed by atoms with E-state index in [1.165, 1.54) is 17.7 Å². The Morgan fingerprint density at radius 2 is 2.09 bits per heavy atom. The van der Waals surface area contributed by atoms with Crippen LogP contribution in [0.15, 0.2) is 58.2 Å². The van der Waals surface area contributed by atoms with Gasteiger partial charge in [0, 0.05) is 27.8 Å². The molecule has 5 aromatic rings. The van der Waals surface area contributed by atoms with Gasteiger partial charge in [0.1, 0.15) is 28.8 Å². The number of nitrogens with zero attached hydrogens (tertiary/aromatic N) is 3. The summed E-state index contributed by atoms with van der Waals surface area (Å²) in [6.45, 7) is 1.23. The maximum absolute atomic E-state index is 13.9. The van der Waals surface area contributed by atoms with E-state index in [1.54, 1.807) is 23.9 Å². The molecule has 6 rings (SSSR count). The Balaban J connectivity index is 1.56. The molecule has 2 aromatic carbocycles. The van der Waals surface area contributed by atoms with Crippen molar-refractivity contribution in [3.05, 3.63) is 75.7 Å². The number of ether oxygens (including phenoxy) is 2. The van der Waals surface area contributed by atoms with Crippen molar-refractivity contribution < 1.29 is 13.9 Å². The second-order valence-electron chi connectivity index (χ2n) is 8.58. The zero-order chi connectivity index (χ0) is 23.9. The monoisotopic (exact) mass is 507 g/mol. The molecule has 1 aliphatic rings. The molecule has 178 valence electrons. The van der Waals surface area contributed by atoms with Gasteiger partial charge in [0.15, 0.2) is 6.39 Å². The molecule has 9 heteroatoms. The number of hydrogen-bond acceptors (Lipinski definition) is 7. The third kappa shape index (κ3) is 4.22. The van der Waals surface area contributed by atoms with E-state index in [0.29, 0.717) is 46.0 Å². The Hall–Kier alpha value is -3.20. The number of methoxy groups -OCH3 is 1. The minimum absolute atomic E-state index is 0.114. The van der Waals surface area contributed by atoms with Crippen LogP contribution in [-0.4, -0.2) is 34.9 Å². The fourth-order valence-electron chi connectivity index (χ4n) is 4.37. The maximum Gasteiger partial charge on any atom is 0.263 e. The number of hydrogen-bond donors (Lipinski definition) is 0. The Kier molecular flexibility index (Phi) is 5.80. The summed E-state index contributed by atoms with van der Waals surface area (Å²) in [7, 11) is 1.65. The molecule has 1 fully saturated rings. The van der Waals surface area contributed by atoms with Crippen LogP contribution in [0, 0.1) is 0 Å². The molecule has 0 radical (unpaired) electrons. The highest BCUT2D eigenvalue weighted by atomic mass is 35.5. The molecule has 35 heavy (non-hydrogen) atoms. The zero-order valence-electron chi connectivity index (χ0n) is 19.0. The fraction of sp³-hybridized carbons (Fsp3) is 0.269. The highest BCUT2D eigenvalue weighted by Crippen LogP contribution is 2.46. The van der Waals surface area contributed by atoms with Crippen molar-refractivity contribution in [3.8, 4) is 17.1 Å². The van der Waals surface area contributed by atoms with Gasteiger partial charge in [-0.3, -0.25) is 9.36 Å². The minimum atomic E-state index is -0.114. The molecule has 0 amide bonds. The SMILES string of the molecule is COCCOc1ccc(-c2nc3sc4cc(Cl)ccc4c3c(=O)n2Cc2cnco2)c(C2CC2)c1. The van der Waals surface area contributed by atoms with Gasteiger partial charge in [-0.1, -0.05) is 17.7 Å². The quantitative estimate of drug-likeness (QED) is 0.244. The van der Waals surface area contributed by atoms with Gasteiger partial charge < -0.3 is 13.9 Å². The van der Waals surface area contributed by atoms with Crippen molar-refractivity contribution in [2.45, 2.75) is 25.3 Å². The van der Waals surface area contributed by atoms with Crippen LogP contribution < -0.4 is 10.3 Å². The van der Waals surface area contributed by atoms with E-state index in [-0.39, 0.29) is 12.1 Å². The van der Waals surface area contributed by atoms with E-state index >= 15 is 0 Å². The molecule has 3 aromatic heterocycles. The molecular weight excluding hydrogens is 486 g/mol. The van der Waals surface area contributed by atoms with Gasteiger partial charge in [-0.15, -0.1) is 11.3 Å². The molecule has 1 aliphatic carbocycles. The van der Waals surface area contributed by atoms with Gasteiger partial charge in [0.2, 0.25) is 0 Å². The summed E-state index contributed by atoms with van der Waals surface area (Å²) < 4.78 is 19.1. The van der Waals surface area contributed by atoms with Crippen LogP contribution in [0.3, 0.4) is 0 Å². The van der Waals surface area contributed by atoms with Crippen LogP contribution in [0.5, 0.6) is 5.75 Å². The molecule has 0 bridgehead atoms. The Morgan fingerprint density at radius 3 is 2.86 bits per heavy atom. The standard InChI is InChI=1S/C26H22ClN3O4S/c1-32-8-9-33-17-5-7-19(21(11-17)15-2-3-15)24-29-25-23(20-6-4-16(27)10-22(20)35-25)26(31)30(24)13-18-12-28-14-34-18/h4-7,10-12,14-15H,2-3,8-9,13H2,1H3. The van der Waals surface area contributed by atoms with Gasteiger partial charge in [0.25, 0.3) is 5.56 Å². The molecule has 0 aliphatic heterocycles. The summed E-state index contributed by atoms with van der Waals surface area (Å²) in [5, 5.41) is 2.08. The highest BCUT2D eigenvalue weighted by Gasteiger charge is 2.29. The molecule has 0 saturated heterocycles. The topological polar surface area (TPSA) is 79.4 Å². The summed E-state index contributed by atoms with van der Waals surface area (Å²) in [4.78, 5) is 23.7. The Morgan fingerprint density at radius 1 is 1.20 bits per heavy atom. The van der Waals surface area contributed by atoms with E-state index in [1.807, 2.05) is 24.3 Å². The van der Waals surface area contributed by atoms with Crippen LogP contribution in [0.2, 0.25) is 5.02 Å². The lowest BCUT2D eigenvalue weighted by molar-refractivity contribution is 0.146. The van der Waals surface area contributed by atoms with Gasteiger partial charge in [-0.25, -0.2) is 9.97 Å². The number of benzene rings is 2. The van der Waals surface area contributed by atoms with E-state index in [9.17, 15) is 4.79 Å². The fourth-order valence-corrected chi connectivity index (χ4v) is 5.71. The molecule has 0 spiro atoms. The van der Waals surface area contributed by atoms with E-state index in [2.05, 4.69) is 11.1 Å². The summed E-state index contributed by atoms with van der Waals surface area (Å²) in [6.07, 6.45) is 5.20. The first-order chi connectivity index (χ1) is 17.1.